The first-order valence-electron chi connectivity index (χ1n) is 9.94. The Labute approximate surface area is 182 Å². The van der Waals surface area contributed by atoms with E-state index in [4.69, 9.17) is 14.2 Å². The SMILES string of the molecule is CCOC(=O)c1cc([C@@H](C)CC(C)(C)C)sc1NC(=O)c1c(OC)cccc1OC. The number of amides is 1. The highest BCUT2D eigenvalue weighted by Crippen LogP contribution is 2.39. The first-order valence-corrected chi connectivity index (χ1v) is 10.8. The fraction of sp³-hybridized carbons (Fsp3) is 0.478. The van der Waals surface area contributed by atoms with Gasteiger partial charge >= 0.3 is 5.97 Å². The second-order valence-electron chi connectivity index (χ2n) is 8.27. The van der Waals surface area contributed by atoms with Gasteiger partial charge in [-0.15, -0.1) is 11.3 Å². The lowest BCUT2D eigenvalue weighted by molar-refractivity contribution is 0.0528. The van der Waals surface area contributed by atoms with Gasteiger partial charge in [0.1, 0.15) is 22.1 Å². The Bertz CT molecular complexity index is 875. The van der Waals surface area contributed by atoms with Crippen molar-refractivity contribution in [3.63, 3.8) is 0 Å². The van der Waals surface area contributed by atoms with Crippen LogP contribution < -0.4 is 14.8 Å². The zero-order chi connectivity index (χ0) is 22.5. The molecule has 6 nitrogen and oxygen atoms in total. The zero-order valence-electron chi connectivity index (χ0n) is 18.8. The van der Waals surface area contributed by atoms with Gasteiger partial charge in [-0.05, 0) is 42.9 Å². The minimum Gasteiger partial charge on any atom is -0.496 e. The van der Waals surface area contributed by atoms with E-state index in [1.54, 1.807) is 25.1 Å². The van der Waals surface area contributed by atoms with Crippen LogP contribution in [0, 0.1) is 5.41 Å². The van der Waals surface area contributed by atoms with Crippen LogP contribution >= 0.6 is 11.3 Å². The van der Waals surface area contributed by atoms with Crippen LogP contribution in [0.15, 0.2) is 24.3 Å². The van der Waals surface area contributed by atoms with Gasteiger partial charge in [0.05, 0.1) is 26.4 Å². The van der Waals surface area contributed by atoms with Gasteiger partial charge < -0.3 is 19.5 Å². The van der Waals surface area contributed by atoms with E-state index in [1.165, 1.54) is 25.6 Å². The summed E-state index contributed by atoms with van der Waals surface area (Å²) in [4.78, 5) is 26.7. The van der Waals surface area contributed by atoms with Gasteiger partial charge in [0, 0.05) is 4.88 Å². The molecule has 0 bridgehead atoms. The summed E-state index contributed by atoms with van der Waals surface area (Å²) in [5, 5.41) is 3.33. The zero-order valence-corrected chi connectivity index (χ0v) is 19.6. The Morgan fingerprint density at radius 3 is 2.23 bits per heavy atom. The van der Waals surface area contributed by atoms with E-state index in [0.29, 0.717) is 22.1 Å². The fourth-order valence-corrected chi connectivity index (χ4v) is 4.46. The Morgan fingerprint density at radius 2 is 1.73 bits per heavy atom. The van der Waals surface area contributed by atoms with Crippen molar-refractivity contribution >= 4 is 28.2 Å². The van der Waals surface area contributed by atoms with E-state index in [9.17, 15) is 9.59 Å². The molecule has 0 fully saturated rings. The summed E-state index contributed by atoms with van der Waals surface area (Å²) in [5.74, 6) is 0.149. The summed E-state index contributed by atoms with van der Waals surface area (Å²) in [7, 11) is 2.99. The normalized spacial score (nSPS) is 12.2. The molecule has 7 heteroatoms. The van der Waals surface area contributed by atoms with Crippen molar-refractivity contribution < 1.29 is 23.8 Å². The molecule has 1 atom stereocenters. The van der Waals surface area contributed by atoms with Gasteiger partial charge in [0.25, 0.3) is 5.91 Å². The third-order valence-corrected chi connectivity index (χ3v) is 5.81. The Hall–Kier alpha value is -2.54. The van der Waals surface area contributed by atoms with Crippen LogP contribution in [-0.2, 0) is 4.74 Å². The summed E-state index contributed by atoms with van der Waals surface area (Å²) in [6.45, 7) is 10.7. The molecule has 1 amide bonds. The molecule has 0 aliphatic carbocycles. The van der Waals surface area contributed by atoms with Gasteiger partial charge in [-0.2, -0.15) is 0 Å². The number of benzene rings is 1. The predicted molar refractivity (Wildman–Crippen MR) is 120 cm³/mol. The molecule has 1 aromatic carbocycles. The highest BCUT2D eigenvalue weighted by atomic mass is 32.1. The summed E-state index contributed by atoms with van der Waals surface area (Å²) in [5.41, 5.74) is 0.775. The van der Waals surface area contributed by atoms with E-state index in [1.807, 2.05) is 6.07 Å². The smallest absolute Gasteiger partial charge is 0.341 e. The first-order chi connectivity index (χ1) is 14.1. The average molecular weight is 434 g/mol. The Kier molecular flexibility index (Phi) is 7.89. The standard InChI is InChI=1S/C23H31NO5S/c1-8-29-22(26)15-12-18(14(2)13-23(3,4)5)30-21(15)24-20(25)19-16(27-6)10-9-11-17(19)28-7/h9-12,14H,8,13H2,1-7H3,(H,24,25)/t14-/m0/s1. The molecule has 2 rings (SSSR count). The quantitative estimate of drug-likeness (QED) is 0.538. The van der Waals surface area contributed by atoms with Crippen molar-refractivity contribution in [2.24, 2.45) is 5.41 Å². The number of methoxy groups -OCH3 is 2. The van der Waals surface area contributed by atoms with Gasteiger partial charge in [-0.1, -0.05) is 33.8 Å². The van der Waals surface area contributed by atoms with Crippen molar-refractivity contribution in [1.82, 2.24) is 0 Å². The molecular weight excluding hydrogens is 402 g/mol. The lowest BCUT2D eigenvalue weighted by Gasteiger charge is -2.22. The van der Waals surface area contributed by atoms with E-state index >= 15 is 0 Å². The molecule has 1 aromatic heterocycles. The van der Waals surface area contributed by atoms with Crippen molar-refractivity contribution in [3.05, 3.63) is 40.3 Å². The second-order valence-corrected chi connectivity index (χ2v) is 9.35. The molecule has 0 spiro atoms. The topological polar surface area (TPSA) is 73.9 Å². The molecule has 0 unspecified atom stereocenters. The van der Waals surface area contributed by atoms with Gasteiger partial charge in [0.15, 0.2) is 0 Å². The van der Waals surface area contributed by atoms with Crippen LogP contribution in [0.3, 0.4) is 0 Å². The maximum absolute atomic E-state index is 13.1. The monoisotopic (exact) mass is 433 g/mol. The number of carbonyl (C=O) groups excluding carboxylic acids is 2. The van der Waals surface area contributed by atoms with E-state index < -0.39 is 11.9 Å². The third-order valence-electron chi connectivity index (χ3n) is 4.53. The molecular formula is C23H31NO5S. The molecule has 0 aliphatic heterocycles. The number of hydrogen-bond acceptors (Lipinski definition) is 6. The Morgan fingerprint density at radius 1 is 1.13 bits per heavy atom. The van der Waals surface area contributed by atoms with Crippen molar-refractivity contribution in [2.75, 3.05) is 26.1 Å². The summed E-state index contributed by atoms with van der Waals surface area (Å²) < 4.78 is 15.9. The van der Waals surface area contributed by atoms with Crippen LogP contribution in [0.1, 0.15) is 72.6 Å². The number of rotatable bonds is 8. The van der Waals surface area contributed by atoms with E-state index in [-0.39, 0.29) is 23.5 Å². The number of esters is 1. The minimum absolute atomic E-state index is 0.141. The van der Waals surface area contributed by atoms with Crippen LogP contribution in [0.2, 0.25) is 0 Å². The van der Waals surface area contributed by atoms with Gasteiger partial charge in [-0.3, -0.25) is 4.79 Å². The number of ether oxygens (including phenoxy) is 3. The molecule has 0 saturated carbocycles. The molecule has 2 aromatic rings. The maximum Gasteiger partial charge on any atom is 0.341 e. The summed E-state index contributed by atoms with van der Waals surface area (Å²) in [6.07, 6.45) is 0.948. The third kappa shape index (κ3) is 5.75. The van der Waals surface area contributed by atoms with Crippen LogP contribution in [0.5, 0.6) is 11.5 Å². The summed E-state index contributed by atoms with van der Waals surface area (Å²) in [6, 6.07) is 6.95. The maximum atomic E-state index is 13.1. The van der Waals surface area contributed by atoms with E-state index in [0.717, 1.165) is 11.3 Å². The molecule has 1 heterocycles. The van der Waals surface area contributed by atoms with Crippen LogP contribution in [0.25, 0.3) is 0 Å². The highest BCUT2D eigenvalue weighted by Gasteiger charge is 2.26. The van der Waals surface area contributed by atoms with Crippen LogP contribution in [0.4, 0.5) is 5.00 Å². The highest BCUT2D eigenvalue weighted by molar-refractivity contribution is 7.16. The fourth-order valence-electron chi connectivity index (χ4n) is 3.37. The van der Waals surface area contributed by atoms with Crippen molar-refractivity contribution in [1.29, 1.82) is 0 Å². The lowest BCUT2D eigenvalue weighted by Crippen LogP contribution is -2.16. The molecule has 30 heavy (non-hydrogen) atoms. The van der Waals surface area contributed by atoms with Gasteiger partial charge in [-0.25, -0.2) is 4.79 Å². The molecule has 1 N–H and O–H groups in total. The minimum atomic E-state index is -0.453. The number of carbonyl (C=O) groups is 2. The van der Waals surface area contributed by atoms with Crippen LogP contribution in [-0.4, -0.2) is 32.7 Å². The largest absolute Gasteiger partial charge is 0.496 e. The molecule has 0 radical (unpaired) electrons. The molecule has 0 aliphatic rings. The second kappa shape index (κ2) is 9.98. The predicted octanol–water partition coefficient (Wildman–Crippen LogP) is 5.73. The Balaban J connectivity index is 2.43. The number of hydrogen-bond donors (Lipinski definition) is 1. The van der Waals surface area contributed by atoms with Crippen molar-refractivity contribution in [3.8, 4) is 11.5 Å². The molecule has 164 valence electrons. The summed E-state index contributed by atoms with van der Waals surface area (Å²) >= 11 is 1.40. The molecule has 0 saturated heterocycles. The number of anilines is 1. The first kappa shape index (κ1) is 23.7. The number of nitrogens with one attached hydrogen (secondary N) is 1. The van der Waals surface area contributed by atoms with Gasteiger partial charge in [0.2, 0.25) is 0 Å². The van der Waals surface area contributed by atoms with Crippen molar-refractivity contribution in [2.45, 2.75) is 47.0 Å². The average Bonchev–Trinajstić information content (AvgIpc) is 3.10. The lowest BCUT2D eigenvalue weighted by atomic mass is 9.85. The number of thiophene rings is 1. The van der Waals surface area contributed by atoms with E-state index in [2.05, 4.69) is 33.0 Å².